The van der Waals surface area contributed by atoms with Crippen LogP contribution in [-0.2, 0) is 9.53 Å². The van der Waals surface area contributed by atoms with Crippen LogP contribution in [0.5, 0.6) is 5.75 Å². The second-order valence-corrected chi connectivity index (χ2v) is 7.88. The molecular weight excluding hydrogens is 376 g/mol. The van der Waals surface area contributed by atoms with Crippen LogP contribution in [0.15, 0.2) is 24.3 Å². The summed E-state index contributed by atoms with van der Waals surface area (Å²) in [6, 6.07) is 7.76. The number of methoxy groups -OCH3 is 1. The van der Waals surface area contributed by atoms with E-state index in [1.54, 1.807) is 14.0 Å². The molecule has 3 rings (SSSR count). The molecule has 1 amide bonds. The van der Waals surface area contributed by atoms with Crippen molar-refractivity contribution in [1.29, 1.82) is 0 Å². The predicted molar refractivity (Wildman–Crippen MR) is 109 cm³/mol. The van der Waals surface area contributed by atoms with Crippen LogP contribution in [0.25, 0.3) is 10.6 Å². The topological polar surface area (TPSA) is 68.7 Å². The lowest BCUT2D eigenvalue weighted by Gasteiger charge is -2.35. The molecule has 1 aromatic carbocycles. The number of hydrogen-bond acceptors (Lipinski definition) is 6. The van der Waals surface area contributed by atoms with Gasteiger partial charge in [-0.25, -0.2) is 9.78 Å². The molecule has 2 aromatic rings. The number of likely N-dealkylation sites (tertiary alicyclic amines) is 1. The van der Waals surface area contributed by atoms with E-state index in [1.165, 1.54) is 11.3 Å². The molecule has 0 saturated carbocycles. The third-order valence-corrected chi connectivity index (χ3v) is 6.25. The van der Waals surface area contributed by atoms with Gasteiger partial charge in [0.25, 0.3) is 5.91 Å². The van der Waals surface area contributed by atoms with Gasteiger partial charge < -0.3 is 14.4 Å². The third-order valence-electron chi connectivity index (χ3n) is 5.06. The molecule has 7 heteroatoms. The third kappa shape index (κ3) is 4.52. The van der Waals surface area contributed by atoms with Crippen molar-refractivity contribution in [2.45, 2.75) is 45.6 Å². The van der Waals surface area contributed by atoms with Crippen molar-refractivity contribution in [3.05, 3.63) is 34.8 Å². The van der Waals surface area contributed by atoms with Crippen LogP contribution in [-0.4, -0.2) is 48.1 Å². The number of carbonyl (C=O) groups excluding carboxylic acids is 2. The Bertz CT molecular complexity index is 831. The summed E-state index contributed by atoms with van der Waals surface area (Å²) in [5.74, 6) is 0.156. The highest BCUT2D eigenvalue weighted by Gasteiger charge is 2.26. The molecule has 150 valence electrons. The maximum Gasteiger partial charge on any atom is 0.350 e. The van der Waals surface area contributed by atoms with Gasteiger partial charge in [0.1, 0.15) is 15.6 Å². The molecule has 0 radical (unpaired) electrons. The smallest absolute Gasteiger partial charge is 0.350 e. The Kier molecular flexibility index (Phi) is 6.67. The lowest BCUT2D eigenvalue weighted by atomic mass is 10.00. The van der Waals surface area contributed by atoms with E-state index >= 15 is 0 Å². The summed E-state index contributed by atoms with van der Waals surface area (Å²) >= 11 is 1.28. The van der Waals surface area contributed by atoms with Gasteiger partial charge in [-0.2, -0.15) is 0 Å². The van der Waals surface area contributed by atoms with Gasteiger partial charge in [-0.05, 0) is 56.9 Å². The summed E-state index contributed by atoms with van der Waals surface area (Å²) < 4.78 is 10.5. The number of hydrogen-bond donors (Lipinski definition) is 0. The van der Waals surface area contributed by atoms with Crippen LogP contribution in [0.4, 0.5) is 0 Å². The van der Waals surface area contributed by atoms with E-state index in [0.29, 0.717) is 10.6 Å². The average molecular weight is 403 g/mol. The molecule has 1 aromatic heterocycles. The fourth-order valence-electron chi connectivity index (χ4n) is 3.47. The summed E-state index contributed by atoms with van der Waals surface area (Å²) in [5.41, 5.74) is 1.51. The maximum atomic E-state index is 12.5. The number of esters is 1. The van der Waals surface area contributed by atoms with E-state index in [0.717, 1.165) is 48.5 Å². The number of amides is 1. The van der Waals surface area contributed by atoms with Crippen LogP contribution in [0, 0.1) is 6.92 Å². The Hall–Kier alpha value is -2.41. The van der Waals surface area contributed by atoms with Crippen LogP contribution in [0.1, 0.15) is 48.0 Å². The van der Waals surface area contributed by atoms with E-state index < -0.39 is 5.97 Å². The molecule has 0 bridgehead atoms. The summed E-state index contributed by atoms with van der Waals surface area (Å²) in [7, 11) is 1.62. The van der Waals surface area contributed by atoms with E-state index in [9.17, 15) is 9.59 Å². The number of nitrogens with zero attached hydrogens (tertiary/aromatic N) is 2. The first kappa shape index (κ1) is 20.3. The average Bonchev–Trinajstić information content (AvgIpc) is 3.13. The molecule has 0 N–H and O–H groups in total. The lowest BCUT2D eigenvalue weighted by Crippen LogP contribution is -2.45. The van der Waals surface area contributed by atoms with Crippen LogP contribution in [0.3, 0.4) is 0 Å². The highest BCUT2D eigenvalue weighted by atomic mass is 32.1. The SMILES string of the molecule is CC[C@H]1CCCCN1C(=O)COC(=O)c1sc(-c2ccc(OC)cc2)nc1C. The van der Waals surface area contributed by atoms with Crippen LogP contribution < -0.4 is 4.74 Å². The van der Waals surface area contributed by atoms with Gasteiger partial charge in [0.15, 0.2) is 6.61 Å². The Morgan fingerprint density at radius 1 is 1.25 bits per heavy atom. The molecule has 28 heavy (non-hydrogen) atoms. The maximum absolute atomic E-state index is 12.5. The molecule has 1 aliphatic heterocycles. The number of aryl methyl sites for hydroxylation is 1. The van der Waals surface area contributed by atoms with E-state index in [2.05, 4.69) is 11.9 Å². The fraction of sp³-hybridized carbons (Fsp3) is 0.476. The second kappa shape index (κ2) is 9.19. The predicted octanol–water partition coefficient (Wildman–Crippen LogP) is 4.08. The number of benzene rings is 1. The second-order valence-electron chi connectivity index (χ2n) is 6.88. The number of aromatic nitrogens is 1. The molecule has 1 aliphatic rings. The molecule has 6 nitrogen and oxygen atoms in total. The molecule has 0 unspecified atom stereocenters. The van der Waals surface area contributed by atoms with Crippen molar-refractivity contribution in [1.82, 2.24) is 9.88 Å². The molecule has 1 fully saturated rings. The van der Waals surface area contributed by atoms with E-state index in [-0.39, 0.29) is 18.6 Å². The van der Waals surface area contributed by atoms with Gasteiger partial charge in [-0.3, -0.25) is 4.79 Å². The van der Waals surface area contributed by atoms with E-state index in [1.807, 2.05) is 29.2 Å². The van der Waals surface area contributed by atoms with Gasteiger partial charge in [0.05, 0.1) is 12.8 Å². The lowest BCUT2D eigenvalue weighted by molar-refractivity contribution is -0.138. The largest absolute Gasteiger partial charge is 0.497 e. The summed E-state index contributed by atoms with van der Waals surface area (Å²) in [4.78, 5) is 31.8. The summed E-state index contributed by atoms with van der Waals surface area (Å²) in [6.45, 7) is 4.39. The van der Waals surface area contributed by atoms with Crippen LogP contribution in [0.2, 0.25) is 0 Å². The van der Waals surface area contributed by atoms with Gasteiger partial charge in [-0.1, -0.05) is 6.92 Å². The fourth-order valence-corrected chi connectivity index (χ4v) is 4.44. The standard InChI is InChI=1S/C21H26N2O4S/c1-4-16-7-5-6-12-23(16)18(24)13-27-21(25)19-14(2)22-20(28-19)15-8-10-17(26-3)11-9-15/h8-11,16H,4-7,12-13H2,1-3H3/t16-/m0/s1. The Morgan fingerprint density at radius 2 is 2.00 bits per heavy atom. The number of rotatable bonds is 6. The Balaban J connectivity index is 1.64. The quantitative estimate of drug-likeness (QED) is 0.681. The molecule has 0 aliphatic carbocycles. The highest BCUT2D eigenvalue weighted by molar-refractivity contribution is 7.17. The van der Waals surface area contributed by atoms with Gasteiger partial charge in [0, 0.05) is 18.2 Å². The molecular formula is C21H26N2O4S. The number of carbonyl (C=O) groups is 2. The van der Waals surface area contributed by atoms with Crippen molar-refractivity contribution in [3.8, 4) is 16.3 Å². The Morgan fingerprint density at radius 3 is 2.68 bits per heavy atom. The zero-order chi connectivity index (χ0) is 20.1. The minimum Gasteiger partial charge on any atom is -0.497 e. The van der Waals surface area contributed by atoms with Gasteiger partial charge in [0.2, 0.25) is 0 Å². The first-order chi connectivity index (χ1) is 13.5. The van der Waals surface area contributed by atoms with E-state index in [4.69, 9.17) is 9.47 Å². The highest BCUT2D eigenvalue weighted by Crippen LogP contribution is 2.29. The molecule has 1 saturated heterocycles. The minimum absolute atomic E-state index is 0.113. The first-order valence-corrected chi connectivity index (χ1v) is 10.4. The van der Waals surface area contributed by atoms with Gasteiger partial charge in [-0.15, -0.1) is 11.3 Å². The zero-order valence-corrected chi connectivity index (χ0v) is 17.4. The molecule has 1 atom stereocenters. The van der Waals surface area contributed by atoms with Crippen molar-refractivity contribution >= 4 is 23.2 Å². The Labute approximate surface area is 169 Å². The molecule has 0 spiro atoms. The van der Waals surface area contributed by atoms with Crippen molar-refractivity contribution < 1.29 is 19.1 Å². The number of ether oxygens (including phenoxy) is 2. The molecule has 2 heterocycles. The summed E-state index contributed by atoms with van der Waals surface area (Å²) in [6.07, 6.45) is 4.11. The van der Waals surface area contributed by atoms with Crippen LogP contribution >= 0.6 is 11.3 Å². The van der Waals surface area contributed by atoms with Crippen molar-refractivity contribution in [3.63, 3.8) is 0 Å². The zero-order valence-electron chi connectivity index (χ0n) is 16.6. The number of thiazole rings is 1. The van der Waals surface area contributed by atoms with Crippen molar-refractivity contribution in [2.75, 3.05) is 20.3 Å². The summed E-state index contributed by atoms with van der Waals surface area (Å²) in [5, 5.41) is 0.737. The van der Waals surface area contributed by atoms with Crippen molar-refractivity contribution in [2.24, 2.45) is 0 Å². The number of piperidine rings is 1. The monoisotopic (exact) mass is 402 g/mol. The normalized spacial score (nSPS) is 16.7. The first-order valence-electron chi connectivity index (χ1n) is 9.62. The van der Waals surface area contributed by atoms with Gasteiger partial charge >= 0.3 is 5.97 Å². The minimum atomic E-state index is -0.492.